The first-order valence-electron chi connectivity index (χ1n) is 23.5. The molecule has 0 aromatic carbocycles. The third-order valence-electron chi connectivity index (χ3n) is 10.6. The van der Waals surface area contributed by atoms with Crippen molar-refractivity contribution < 1.29 is 38.0 Å². The molecular weight excluding hydrogens is 711 g/mol. The minimum Gasteiger partial charge on any atom is -0.756 e. The van der Waals surface area contributed by atoms with E-state index in [1.54, 1.807) is 6.08 Å². The minimum absolute atomic E-state index is 0.0448. The monoisotopic (exact) mass is 804 g/mol. The van der Waals surface area contributed by atoms with Crippen LogP contribution in [0, 0.1) is 0 Å². The number of nitrogens with one attached hydrogen (secondary N) is 1. The topological polar surface area (TPSA) is 128 Å². The van der Waals surface area contributed by atoms with Crippen molar-refractivity contribution in [3.8, 4) is 0 Å². The minimum atomic E-state index is -4.67. The summed E-state index contributed by atoms with van der Waals surface area (Å²) in [5.41, 5.74) is 0. The number of hydrogen-bond acceptors (Lipinski definition) is 7. The Hall–Kier alpha value is -0.800. The van der Waals surface area contributed by atoms with Crippen LogP contribution in [0.4, 0.5) is 0 Å². The van der Waals surface area contributed by atoms with E-state index in [4.69, 9.17) is 15.6 Å². The van der Waals surface area contributed by atoms with E-state index in [1.165, 1.54) is 154 Å². The van der Waals surface area contributed by atoms with Crippen molar-refractivity contribution in [2.24, 2.45) is 0 Å². The maximum Gasteiger partial charge on any atom is 0.268 e. The molecule has 0 spiro atoms. The molecule has 2 unspecified atom stereocenters. The van der Waals surface area contributed by atoms with E-state index in [9.17, 15) is 19.4 Å². The predicted octanol–water partition coefficient (Wildman–Crippen LogP) is 11.1. The number of likely N-dealkylation sites (N-methyl/N-ethyl adjacent to an activating group) is 1. The van der Waals surface area contributed by atoms with Crippen LogP contribution < -0.4 is 10.2 Å². The van der Waals surface area contributed by atoms with Gasteiger partial charge < -0.3 is 34.0 Å². The number of carbonyl (C=O) groups is 1. The van der Waals surface area contributed by atoms with E-state index in [2.05, 4.69) is 19.2 Å². The summed E-state index contributed by atoms with van der Waals surface area (Å²) in [6.07, 6.45) is 39.1. The summed E-state index contributed by atoms with van der Waals surface area (Å²) >= 11 is 0. The molecule has 4 atom stereocenters. The summed E-state index contributed by atoms with van der Waals surface area (Å²) in [4.78, 5) is 25.7. The van der Waals surface area contributed by atoms with E-state index in [-0.39, 0.29) is 6.61 Å². The number of aliphatic hydroxyl groups is 2. The molecule has 0 aromatic rings. The summed E-state index contributed by atoms with van der Waals surface area (Å²) in [6.45, 7) is 4.43. The Balaban J connectivity index is 4.57. The van der Waals surface area contributed by atoms with E-state index < -0.39 is 38.6 Å². The molecule has 9 nitrogen and oxygen atoms in total. The Labute approximate surface area is 341 Å². The fourth-order valence-electron chi connectivity index (χ4n) is 6.80. The van der Waals surface area contributed by atoms with Crippen LogP contribution in [0.5, 0.6) is 0 Å². The molecule has 0 fully saturated rings. The van der Waals surface area contributed by atoms with Gasteiger partial charge in [-0.2, -0.15) is 0 Å². The van der Waals surface area contributed by atoms with Gasteiger partial charge in [-0.15, -0.1) is 0 Å². The predicted molar refractivity (Wildman–Crippen MR) is 230 cm³/mol. The van der Waals surface area contributed by atoms with Gasteiger partial charge in [0.2, 0.25) is 7.34 Å². The highest BCUT2D eigenvalue weighted by atomic mass is 31.2. The normalized spacial score (nSPS) is 15.2. The van der Waals surface area contributed by atoms with Crippen LogP contribution in [0.25, 0.3) is 0 Å². The Bertz CT molecular complexity index is 952. The first-order valence-corrected chi connectivity index (χ1v) is 24.6. The summed E-state index contributed by atoms with van der Waals surface area (Å²) < 4.78 is 30.7. The fraction of sp³-hybridized carbons (Fsp3) is 0.933. The highest BCUT2D eigenvalue weighted by Gasteiger charge is 2.25. The van der Waals surface area contributed by atoms with E-state index in [0.717, 1.165) is 38.5 Å². The molecule has 0 heterocycles. The highest BCUT2D eigenvalue weighted by molar-refractivity contribution is 7.45. The number of nitrogens with zero attached hydrogens (tertiary/aromatic N) is 1. The fourth-order valence-corrected chi connectivity index (χ4v) is 7.52. The number of hydrogen-bond donors (Lipinski definition) is 3. The molecule has 0 saturated heterocycles. The average molecular weight is 804 g/mol. The average Bonchev–Trinajstić information content (AvgIpc) is 3.15. The van der Waals surface area contributed by atoms with Gasteiger partial charge in [0.25, 0.3) is 7.82 Å². The lowest BCUT2D eigenvalue weighted by Crippen LogP contribution is -2.49. The van der Waals surface area contributed by atoms with E-state index >= 15 is 0 Å². The molecule has 0 aromatic heterocycles. The Morgan fingerprint density at radius 2 is 1.09 bits per heavy atom. The quantitative estimate of drug-likeness (QED) is 0.0242. The molecule has 0 aliphatic rings. The van der Waals surface area contributed by atoms with Crippen LogP contribution >= 0.6 is 7.82 Å². The zero-order valence-corrected chi connectivity index (χ0v) is 37.6. The van der Waals surface area contributed by atoms with Gasteiger partial charge in [0, 0.05) is 0 Å². The largest absolute Gasteiger partial charge is 0.756 e. The standard InChI is InChI=1S/C45H91N2O7P/c1-6-8-10-12-14-16-18-20-21-22-23-24-26-28-30-32-34-36-38-44(49)45(50)46-42(41-54-55(51,52)53-40-39-47(3,4)5)43(48)37-35-33-31-29-27-25-19-17-15-13-11-9-7-2/h35,37,42-44,48-49H,6-34,36,38-41H2,1-5H3,(H-,46,50,51,52)/b37-35+/t42-,43+,44?/m0/s1/i49D. The molecule has 328 valence electrons. The maximum atomic E-state index is 13.2. The van der Waals surface area contributed by atoms with Gasteiger partial charge in [0.15, 0.2) is 0 Å². The van der Waals surface area contributed by atoms with Crippen molar-refractivity contribution in [1.82, 2.24) is 5.32 Å². The van der Waals surface area contributed by atoms with E-state index in [0.29, 0.717) is 17.4 Å². The molecule has 3 N–H and O–H groups in total. The zero-order valence-electron chi connectivity index (χ0n) is 37.7. The number of unbranched alkanes of at least 4 members (excludes halogenated alkanes) is 28. The molecule has 0 radical (unpaired) electrons. The van der Waals surface area contributed by atoms with Gasteiger partial charge in [-0.05, 0) is 19.3 Å². The van der Waals surface area contributed by atoms with Gasteiger partial charge in [-0.1, -0.05) is 206 Å². The van der Waals surface area contributed by atoms with Crippen molar-refractivity contribution in [2.75, 3.05) is 40.9 Å². The Morgan fingerprint density at radius 1 is 0.691 bits per heavy atom. The van der Waals surface area contributed by atoms with Crippen molar-refractivity contribution >= 4 is 13.7 Å². The number of phosphoric acid groups is 1. The number of allylic oxidation sites excluding steroid dienone is 1. The Morgan fingerprint density at radius 3 is 1.49 bits per heavy atom. The van der Waals surface area contributed by atoms with Gasteiger partial charge in [0.05, 0.1) is 39.9 Å². The van der Waals surface area contributed by atoms with Crippen LogP contribution in [-0.2, 0) is 18.4 Å². The number of carbonyl (C=O) groups excluding carboxylic acids is 1. The lowest BCUT2D eigenvalue weighted by Gasteiger charge is -2.29. The van der Waals surface area contributed by atoms with Crippen molar-refractivity contribution in [1.29, 1.82) is 1.43 Å². The Kier molecular flexibility index (Phi) is 35.6. The summed E-state index contributed by atoms with van der Waals surface area (Å²) in [5, 5.41) is 18.5. The van der Waals surface area contributed by atoms with Gasteiger partial charge >= 0.3 is 0 Å². The number of phosphoric ester groups is 1. The second kappa shape index (κ2) is 37.5. The highest BCUT2D eigenvalue weighted by Crippen LogP contribution is 2.38. The molecule has 0 saturated carbocycles. The number of quaternary nitrogens is 1. The first kappa shape index (κ1) is 52.2. The number of amides is 1. The lowest BCUT2D eigenvalue weighted by molar-refractivity contribution is -0.870. The summed E-state index contributed by atoms with van der Waals surface area (Å²) in [6, 6.07) is -1.06. The number of rotatable bonds is 43. The summed E-state index contributed by atoms with van der Waals surface area (Å²) in [5.74, 6) is -0.565. The van der Waals surface area contributed by atoms with Crippen LogP contribution in [0.1, 0.15) is 213 Å². The molecule has 0 rings (SSSR count). The van der Waals surface area contributed by atoms with Crippen LogP contribution in [0.3, 0.4) is 0 Å². The third kappa shape index (κ3) is 38.5. The van der Waals surface area contributed by atoms with Crippen molar-refractivity contribution in [3.05, 3.63) is 12.2 Å². The smallest absolute Gasteiger partial charge is 0.268 e. The van der Waals surface area contributed by atoms with Crippen LogP contribution in [-0.4, -0.2) is 81.2 Å². The van der Waals surface area contributed by atoms with Crippen LogP contribution in [0.2, 0.25) is 0 Å². The van der Waals surface area contributed by atoms with E-state index in [1.807, 2.05) is 27.2 Å². The maximum absolute atomic E-state index is 13.2. The lowest BCUT2D eigenvalue weighted by atomic mass is 10.0. The number of aliphatic hydroxyl groups excluding tert-OH is 2. The molecule has 0 aliphatic carbocycles. The molecule has 55 heavy (non-hydrogen) atoms. The van der Waals surface area contributed by atoms with Crippen molar-refractivity contribution in [3.63, 3.8) is 0 Å². The second-order valence-corrected chi connectivity index (χ2v) is 18.6. The van der Waals surface area contributed by atoms with Crippen LogP contribution in [0.15, 0.2) is 12.2 Å². The molecule has 0 bridgehead atoms. The molecule has 10 heteroatoms. The summed E-state index contributed by atoms with van der Waals surface area (Å²) in [7, 11) is 1.11. The zero-order chi connectivity index (χ0) is 41.6. The third-order valence-corrected chi connectivity index (χ3v) is 11.5. The molecule has 0 aliphatic heterocycles. The van der Waals surface area contributed by atoms with Crippen molar-refractivity contribution in [2.45, 2.75) is 231 Å². The van der Waals surface area contributed by atoms with Gasteiger partial charge in [-0.3, -0.25) is 9.36 Å². The SMILES string of the molecule is [2H]OC(CCCCCCCCCCCCCCCCCCCC)C(=O)N[C@@H](COP(=O)([O-])OCC[N+](C)(C)C)[C@H](O)/C=C/CCCCCCCCCCCCC. The second-order valence-electron chi connectivity index (χ2n) is 17.2. The van der Waals surface area contributed by atoms with Gasteiger partial charge in [-0.25, -0.2) is 0 Å². The first-order chi connectivity index (χ1) is 27.0. The molecule has 1 amide bonds. The van der Waals surface area contributed by atoms with Gasteiger partial charge in [0.1, 0.15) is 19.3 Å². The molecular formula is C45H91N2O7P.